The second kappa shape index (κ2) is 5.87. The topological polar surface area (TPSA) is 41.6 Å². The lowest BCUT2D eigenvalue weighted by molar-refractivity contribution is -0.124. The number of benzene rings is 1. The summed E-state index contributed by atoms with van der Waals surface area (Å²) in [6.45, 7) is 7.65. The first-order chi connectivity index (χ1) is 8.66. The van der Waals surface area contributed by atoms with Crippen LogP contribution in [0.2, 0.25) is 0 Å². The molecule has 0 spiro atoms. The molecule has 1 aromatic rings. The molecule has 0 aromatic heterocycles. The molecular formula is C14H20N2O2. The summed E-state index contributed by atoms with van der Waals surface area (Å²) in [5, 5.41) is 2.82. The Kier molecular flexibility index (Phi) is 4.20. The maximum absolute atomic E-state index is 11.2. The molecule has 1 fully saturated rings. The lowest BCUT2D eigenvalue weighted by Crippen LogP contribution is -2.48. The number of piperazine rings is 1. The third-order valence-corrected chi connectivity index (χ3v) is 3.18. The van der Waals surface area contributed by atoms with E-state index in [9.17, 15) is 4.79 Å². The highest BCUT2D eigenvalue weighted by Gasteiger charge is 2.15. The molecular weight excluding hydrogens is 228 g/mol. The third-order valence-electron chi connectivity index (χ3n) is 3.18. The molecule has 1 N–H and O–H groups in total. The van der Waals surface area contributed by atoms with E-state index in [4.69, 9.17) is 4.74 Å². The first-order valence-corrected chi connectivity index (χ1v) is 6.35. The van der Waals surface area contributed by atoms with Crippen LogP contribution in [0.25, 0.3) is 0 Å². The smallest absolute Gasteiger partial charge is 0.234 e. The molecule has 1 aliphatic heterocycles. The molecule has 0 radical (unpaired) electrons. The van der Waals surface area contributed by atoms with Crippen LogP contribution in [0.5, 0.6) is 5.75 Å². The van der Waals surface area contributed by atoms with Crippen LogP contribution in [0.15, 0.2) is 18.2 Å². The van der Waals surface area contributed by atoms with Crippen LogP contribution in [0.3, 0.4) is 0 Å². The Morgan fingerprint density at radius 1 is 1.33 bits per heavy atom. The minimum Gasteiger partial charge on any atom is -0.492 e. The first kappa shape index (κ1) is 12.9. The summed E-state index contributed by atoms with van der Waals surface area (Å²) in [6, 6.07) is 6.14. The van der Waals surface area contributed by atoms with Gasteiger partial charge in [-0.1, -0.05) is 18.2 Å². The van der Waals surface area contributed by atoms with Gasteiger partial charge in [-0.2, -0.15) is 0 Å². The van der Waals surface area contributed by atoms with Crippen LogP contribution in [0.4, 0.5) is 0 Å². The molecule has 0 atom stereocenters. The monoisotopic (exact) mass is 248 g/mol. The summed E-state index contributed by atoms with van der Waals surface area (Å²) in [4.78, 5) is 13.3. The molecule has 1 saturated heterocycles. The summed E-state index contributed by atoms with van der Waals surface area (Å²) >= 11 is 0. The van der Waals surface area contributed by atoms with Crippen molar-refractivity contribution in [2.45, 2.75) is 13.8 Å². The van der Waals surface area contributed by atoms with E-state index in [-0.39, 0.29) is 5.91 Å². The highest BCUT2D eigenvalue weighted by Crippen LogP contribution is 2.22. The van der Waals surface area contributed by atoms with Gasteiger partial charge in [0.25, 0.3) is 0 Å². The van der Waals surface area contributed by atoms with Crippen LogP contribution in [-0.2, 0) is 4.79 Å². The van der Waals surface area contributed by atoms with Gasteiger partial charge in [-0.15, -0.1) is 0 Å². The van der Waals surface area contributed by atoms with Crippen LogP contribution >= 0.6 is 0 Å². The zero-order chi connectivity index (χ0) is 13.0. The molecule has 1 heterocycles. The van der Waals surface area contributed by atoms with Crippen LogP contribution in [0, 0.1) is 13.8 Å². The Hall–Kier alpha value is -1.55. The van der Waals surface area contributed by atoms with Crippen LogP contribution in [-0.4, -0.2) is 43.6 Å². The van der Waals surface area contributed by atoms with Gasteiger partial charge in [0.15, 0.2) is 0 Å². The molecule has 2 rings (SSSR count). The largest absolute Gasteiger partial charge is 0.492 e. The number of hydrogen-bond donors (Lipinski definition) is 1. The molecule has 0 aliphatic carbocycles. The predicted molar refractivity (Wildman–Crippen MR) is 70.9 cm³/mol. The number of para-hydroxylation sites is 1. The van der Waals surface area contributed by atoms with E-state index in [0.717, 1.165) is 36.5 Å². The van der Waals surface area contributed by atoms with E-state index >= 15 is 0 Å². The van der Waals surface area contributed by atoms with Gasteiger partial charge in [-0.25, -0.2) is 0 Å². The summed E-state index contributed by atoms with van der Waals surface area (Å²) < 4.78 is 5.83. The average Bonchev–Trinajstić information content (AvgIpc) is 2.33. The Morgan fingerprint density at radius 3 is 2.72 bits per heavy atom. The Morgan fingerprint density at radius 2 is 2.06 bits per heavy atom. The van der Waals surface area contributed by atoms with Crippen molar-refractivity contribution in [3.05, 3.63) is 29.3 Å². The highest BCUT2D eigenvalue weighted by atomic mass is 16.5. The lowest BCUT2D eigenvalue weighted by Gasteiger charge is -2.26. The number of carbonyl (C=O) groups is 1. The fraction of sp³-hybridized carbons (Fsp3) is 0.500. The number of carbonyl (C=O) groups excluding carboxylic acids is 1. The van der Waals surface area contributed by atoms with Crippen molar-refractivity contribution >= 4 is 5.91 Å². The second-order valence-electron chi connectivity index (χ2n) is 4.70. The second-order valence-corrected chi connectivity index (χ2v) is 4.70. The average molecular weight is 248 g/mol. The number of nitrogens with zero attached hydrogens (tertiary/aromatic N) is 1. The van der Waals surface area contributed by atoms with E-state index in [1.807, 2.05) is 6.07 Å². The maximum atomic E-state index is 11.2. The van der Waals surface area contributed by atoms with E-state index in [1.54, 1.807) is 0 Å². The van der Waals surface area contributed by atoms with E-state index < -0.39 is 0 Å². The molecule has 1 aromatic carbocycles. The molecule has 0 unspecified atom stereocenters. The standard InChI is InChI=1S/C14H20N2O2/c1-11-4-3-5-12(2)14(11)18-9-8-16-7-6-15-13(17)10-16/h3-5H,6-10H2,1-2H3,(H,15,17). The van der Waals surface area contributed by atoms with Gasteiger partial charge < -0.3 is 10.1 Å². The summed E-state index contributed by atoms with van der Waals surface area (Å²) in [6.07, 6.45) is 0. The minimum atomic E-state index is 0.105. The van der Waals surface area contributed by atoms with Crippen LogP contribution < -0.4 is 10.1 Å². The minimum absolute atomic E-state index is 0.105. The summed E-state index contributed by atoms with van der Waals surface area (Å²) in [5.74, 6) is 1.08. The van der Waals surface area contributed by atoms with Gasteiger partial charge in [0, 0.05) is 19.6 Å². The molecule has 0 saturated carbocycles. The normalized spacial score (nSPS) is 16.4. The van der Waals surface area contributed by atoms with Crippen molar-refractivity contribution in [3.8, 4) is 5.75 Å². The number of rotatable bonds is 4. The summed E-state index contributed by atoms with van der Waals surface area (Å²) in [5.41, 5.74) is 2.32. The fourth-order valence-electron chi connectivity index (χ4n) is 2.19. The van der Waals surface area contributed by atoms with Crippen LogP contribution in [0.1, 0.15) is 11.1 Å². The molecule has 98 valence electrons. The highest BCUT2D eigenvalue weighted by molar-refractivity contribution is 5.78. The van der Waals surface area contributed by atoms with E-state index in [1.165, 1.54) is 0 Å². The van der Waals surface area contributed by atoms with E-state index in [0.29, 0.717) is 13.2 Å². The lowest BCUT2D eigenvalue weighted by atomic mass is 10.1. The SMILES string of the molecule is Cc1cccc(C)c1OCCN1CCNC(=O)C1. The summed E-state index contributed by atoms with van der Waals surface area (Å²) in [7, 11) is 0. The molecule has 1 aliphatic rings. The Bertz CT molecular complexity index is 412. The molecule has 4 heteroatoms. The van der Waals surface area contributed by atoms with Gasteiger partial charge in [0.05, 0.1) is 6.54 Å². The van der Waals surface area contributed by atoms with Gasteiger partial charge in [0.2, 0.25) is 5.91 Å². The first-order valence-electron chi connectivity index (χ1n) is 6.35. The van der Waals surface area contributed by atoms with Gasteiger partial charge in [0.1, 0.15) is 12.4 Å². The molecule has 1 amide bonds. The third kappa shape index (κ3) is 3.23. The van der Waals surface area contributed by atoms with Gasteiger partial charge >= 0.3 is 0 Å². The van der Waals surface area contributed by atoms with Crippen molar-refractivity contribution < 1.29 is 9.53 Å². The number of aryl methyl sites for hydroxylation is 2. The van der Waals surface area contributed by atoms with Crippen molar-refractivity contribution in [3.63, 3.8) is 0 Å². The van der Waals surface area contributed by atoms with Gasteiger partial charge in [-0.05, 0) is 25.0 Å². The molecule has 4 nitrogen and oxygen atoms in total. The number of hydrogen-bond acceptors (Lipinski definition) is 3. The Labute approximate surface area is 108 Å². The van der Waals surface area contributed by atoms with Crippen molar-refractivity contribution in [2.75, 3.05) is 32.8 Å². The van der Waals surface area contributed by atoms with Crippen molar-refractivity contribution in [2.24, 2.45) is 0 Å². The van der Waals surface area contributed by atoms with E-state index in [2.05, 4.69) is 36.2 Å². The Balaban J connectivity index is 1.83. The molecule has 0 bridgehead atoms. The zero-order valence-corrected chi connectivity index (χ0v) is 11.0. The number of amides is 1. The van der Waals surface area contributed by atoms with Crippen molar-refractivity contribution in [1.82, 2.24) is 10.2 Å². The number of nitrogens with one attached hydrogen (secondary N) is 1. The molecule has 18 heavy (non-hydrogen) atoms. The van der Waals surface area contributed by atoms with Crippen molar-refractivity contribution in [1.29, 1.82) is 0 Å². The maximum Gasteiger partial charge on any atom is 0.234 e. The quantitative estimate of drug-likeness (QED) is 0.868. The number of ether oxygens (including phenoxy) is 1. The zero-order valence-electron chi connectivity index (χ0n) is 11.0. The predicted octanol–water partition coefficient (Wildman–Crippen LogP) is 1.11. The van der Waals surface area contributed by atoms with Gasteiger partial charge in [-0.3, -0.25) is 9.69 Å². The fourth-order valence-corrected chi connectivity index (χ4v) is 2.19.